The number of amides is 1. The van der Waals surface area contributed by atoms with Gasteiger partial charge in [-0.05, 0) is 54.1 Å². The van der Waals surface area contributed by atoms with Crippen LogP contribution in [0.2, 0.25) is 0 Å². The Morgan fingerprint density at radius 2 is 1.89 bits per heavy atom. The van der Waals surface area contributed by atoms with Gasteiger partial charge in [0, 0.05) is 11.6 Å². The summed E-state index contributed by atoms with van der Waals surface area (Å²) in [5.74, 6) is 0.804. The van der Waals surface area contributed by atoms with Crippen molar-refractivity contribution in [3.8, 4) is 22.8 Å². The molecular weight excluding hydrogens is 361 g/mol. The zero-order valence-electron chi connectivity index (χ0n) is 14.8. The summed E-state index contributed by atoms with van der Waals surface area (Å²) in [6, 6.07) is 13.3. The van der Waals surface area contributed by atoms with Gasteiger partial charge < -0.3 is 14.8 Å². The zero-order valence-corrected chi connectivity index (χ0v) is 14.8. The van der Waals surface area contributed by atoms with Gasteiger partial charge in [0.25, 0.3) is 0 Å². The molecule has 0 radical (unpaired) electrons. The third-order valence-corrected chi connectivity index (χ3v) is 4.13. The van der Waals surface area contributed by atoms with Crippen molar-refractivity contribution in [3.05, 3.63) is 78.0 Å². The Morgan fingerprint density at radius 3 is 2.75 bits per heavy atom. The molecule has 0 saturated carbocycles. The SMILES string of the molecule is O=C(/C=C/c1ccc2c(c1)OCO2)NCc1cc(-c2ccc(F)cc2)ncn1. The highest BCUT2D eigenvalue weighted by molar-refractivity contribution is 5.91. The smallest absolute Gasteiger partial charge is 0.244 e. The van der Waals surface area contributed by atoms with Crippen LogP contribution in [0.25, 0.3) is 17.3 Å². The van der Waals surface area contributed by atoms with Crippen molar-refractivity contribution < 1.29 is 18.7 Å². The van der Waals surface area contributed by atoms with Crippen molar-refractivity contribution in [2.75, 3.05) is 6.79 Å². The largest absolute Gasteiger partial charge is 0.454 e. The lowest BCUT2D eigenvalue weighted by Crippen LogP contribution is -2.20. The summed E-state index contributed by atoms with van der Waals surface area (Å²) in [4.78, 5) is 20.4. The van der Waals surface area contributed by atoms with E-state index in [1.165, 1.54) is 24.5 Å². The van der Waals surface area contributed by atoms with E-state index in [2.05, 4.69) is 15.3 Å². The maximum atomic E-state index is 13.1. The van der Waals surface area contributed by atoms with Crippen molar-refractivity contribution in [2.45, 2.75) is 6.54 Å². The molecule has 2 aromatic carbocycles. The lowest BCUT2D eigenvalue weighted by molar-refractivity contribution is -0.116. The summed E-state index contributed by atoms with van der Waals surface area (Å²) in [7, 11) is 0. The topological polar surface area (TPSA) is 73.3 Å². The van der Waals surface area contributed by atoms with Crippen LogP contribution in [0.15, 0.2) is 60.9 Å². The molecule has 6 nitrogen and oxygen atoms in total. The second kappa shape index (κ2) is 7.87. The van der Waals surface area contributed by atoms with Gasteiger partial charge >= 0.3 is 0 Å². The van der Waals surface area contributed by atoms with E-state index in [1.807, 2.05) is 12.1 Å². The molecule has 1 aromatic heterocycles. The highest BCUT2D eigenvalue weighted by Gasteiger charge is 2.12. The molecule has 0 saturated heterocycles. The molecule has 1 aliphatic heterocycles. The number of aromatic nitrogens is 2. The molecule has 3 aromatic rings. The van der Waals surface area contributed by atoms with Crippen molar-refractivity contribution in [3.63, 3.8) is 0 Å². The number of benzene rings is 2. The van der Waals surface area contributed by atoms with Crippen LogP contribution in [0.4, 0.5) is 4.39 Å². The number of carbonyl (C=O) groups excluding carboxylic acids is 1. The quantitative estimate of drug-likeness (QED) is 0.691. The Morgan fingerprint density at radius 1 is 1.07 bits per heavy atom. The van der Waals surface area contributed by atoms with Gasteiger partial charge in [0.2, 0.25) is 12.7 Å². The monoisotopic (exact) mass is 377 g/mol. The van der Waals surface area contributed by atoms with Crippen LogP contribution in [0.3, 0.4) is 0 Å². The van der Waals surface area contributed by atoms with Gasteiger partial charge in [0.1, 0.15) is 12.1 Å². The number of hydrogen-bond donors (Lipinski definition) is 1. The van der Waals surface area contributed by atoms with Crippen molar-refractivity contribution in [1.29, 1.82) is 0 Å². The first-order chi connectivity index (χ1) is 13.7. The molecule has 7 heteroatoms. The fraction of sp³-hybridized carbons (Fsp3) is 0.0952. The predicted octanol–water partition coefficient (Wildman–Crippen LogP) is 3.34. The standard InChI is InChI=1S/C21H16FN3O3/c22-16-5-3-15(4-6-16)18-10-17(24-12-25-18)11-23-21(26)8-2-14-1-7-19-20(9-14)28-13-27-19/h1-10,12H,11,13H2,(H,23,26)/b8-2+. The van der Waals surface area contributed by atoms with Crippen molar-refractivity contribution in [1.82, 2.24) is 15.3 Å². The summed E-state index contributed by atoms with van der Waals surface area (Å²) in [5.41, 5.74) is 2.92. The van der Waals surface area contributed by atoms with Gasteiger partial charge in [-0.1, -0.05) is 6.07 Å². The number of carbonyl (C=O) groups is 1. The van der Waals surface area contributed by atoms with Crippen molar-refractivity contribution in [2.24, 2.45) is 0 Å². The van der Waals surface area contributed by atoms with E-state index in [0.717, 1.165) is 11.1 Å². The highest BCUT2D eigenvalue weighted by atomic mass is 19.1. The minimum atomic E-state index is -0.306. The molecule has 0 atom stereocenters. The van der Waals surface area contributed by atoms with E-state index in [4.69, 9.17) is 9.47 Å². The third-order valence-electron chi connectivity index (χ3n) is 4.13. The Bertz CT molecular complexity index is 1040. The molecule has 28 heavy (non-hydrogen) atoms. The minimum Gasteiger partial charge on any atom is -0.454 e. The van der Waals surface area contributed by atoms with Gasteiger partial charge in [-0.15, -0.1) is 0 Å². The molecule has 1 amide bonds. The van der Waals surface area contributed by atoms with Gasteiger partial charge in [0.15, 0.2) is 11.5 Å². The van der Waals surface area contributed by atoms with Crippen LogP contribution in [-0.2, 0) is 11.3 Å². The first kappa shape index (κ1) is 17.7. The minimum absolute atomic E-state index is 0.210. The van der Waals surface area contributed by atoms with Gasteiger partial charge in [-0.2, -0.15) is 0 Å². The number of ether oxygens (including phenoxy) is 2. The van der Waals surface area contributed by atoms with Crippen molar-refractivity contribution >= 4 is 12.0 Å². The molecule has 0 bridgehead atoms. The summed E-state index contributed by atoms with van der Waals surface area (Å²) in [6.45, 7) is 0.461. The van der Waals surface area contributed by atoms with Gasteiger partial charge in [-0.25, -0.2) is 14.4 Å². The molecule has 0 unspecified atom stereocenters. The van der Waals surface area contributed by atoms with E-state index in [1.54, 1.807) is 30.3 Å². The van der Waals surface area contributed by atoms with Gasteiger partial charge in [-0.3, -0.25) is 4.79 Å². The average Bonchev–Trinajstić information content (AvgIpc) is 3.19. The van der Waals surface area contributed by atoms with Crippen LogP contribution >= 0.6 is 0 Å². The lowest BCUT2D eigenvalue weighted by atomic mass is 10.1. The maximum absolute atomic E-state index is 13.1. The van der Waals surface area contributed by atoms with E-state index < -0.39 is 0 Å². The van der Waals surface area contributed by atoms with E-state index in [0.29, 0.717) is 22.9 Å². The highest BCUT2D eigenvalue weighted by Crippen LogP contribution is 2.32. The Labute approximate surface area is 160 Å². The molecule has 1 N–H and O–H groups in total. The third kappa shape index (κ3) is 4.15. The summed E-state index contributed by atoms with van der Waals surface area (Å²) in [6.07, 6.45) is 4.56. The number of halogens is 1. The Hall–Kier alpha value is -3.74. The normalized spacial score (nSPS) is 12.3. The zero-order chi connectivity index (χ0) is 19.3. The van der Waals surface area contributed by atoms with Crippen LogP contribution in [0, 0.1) is 5.82 Å². The lowest BCUT2D eigenvalue weighted by Gasteiger charge is -2.05. The molecule has 0 fully saturated rings. The van der Waals surface area contributed by atoms with Crippen LogP contribution in [-0.4, -0.2) is 22.7 Å². The average molecular weight is 377 g/mol. The van der Waals surface area contributed by atoms with E-state index >= 15 is 0 Å². The Balaban J connectivity index is 1.37. The fourth-order valence-electron chi connectivity index (χ4n) is 2.70. The first-order valence-corrected chi connectivity index (χ1v) is 8.60. The van der Waals surface area contributed by atoms with Crippen LogP contribution in [0.1, 0.15) is 11.3 Å². The van der Waals surface area contributed by atoms with Gasteiger partial charge in [0.05, 0.1) is 17.9 Å². The summed E-state index contributed by atoms with van der Waals surface area (Å²) < 4.78 is 23.6. The molecule has 2 heterocycles. The Kier molecular flexibility index (Phi) is 4.97. The predicted molar refractivity (Wildman–Crippen MR) is 101 cm³/mol. The maximum Gasteiger partial charge on any atom is 0.244 e. The molecule has 4 rings (SSSR count). The van der Waals surface area contributed by atoms with Crippen LogP contribution < -0.4 is 14.8 Å². The first-order valence-electron chi connectivity index (χ1n) is 8.60. The van der Waals surface area contributed by atoms with E-state index in [9.17, 15) is 9.18 Å². The molecule has 0 spiro atoms. The number of hydrogen-bond acceptors (Lipinski definition) is 5. The summed E-state index contributed by atoms with van der Waals surface area (Å²) in [5, 5.41) is 2.78. The molecule has 140 valence electrons. The summed E-state index contributed by atoms with van der Waals surface area (Å²) >= 11 is 0. The number of nitrogens with one attached hydrogen (secondary N) is 1. The number of rotatable bonds is 5. The molecular formula is C21H16FN3O3. The van der Waals surface area contributed by atoms with Crippen LogP contribution in [0.5, 0.6) is 11.5 Å². The number of nitrogens with zero attached hydrogens (tertiary/aromatic N) is 2. The molecule has 1 aliphatic rings. The molecule has 0 aliphatic carbocycles. The second-order valence-electron chi connectivity index (χ2n) is 6.07. The second-order valence-corrected chi connectivity index (χ2v) is 6.07. The fourth-order valence-corrected chi connectivity index (χ4v) is 2.70. The van der Waals surface area contributed by atoms with E-state index in [-0.39, 0.29) is 25.1 Å². The number of fused-ring (bicyclic) bond motifs is 1.